The largest absolute Gasteiger partial charge is 0.306 e. The molecule has 1 heterocycles. The molecule has 0 fully saturated rings. The summed E-state index contributed by atoms with van der Waals surface area (Å²) in [5, 5.41) is 6.91. The van der Waals surface area contributed by atoms with Crippen LogP contribution in [0.1, 0.15) is 44.3 Å². The number of hydrogen-bond donors (Lipinski definition) is 1. The fourth-order valence-corrected chi connectivity index (χ4v) is 2.37. The minimum Gasteiger partial charge on any atom is -0.306 e. The zero-order valence-corrected chi connectivity index (χ0v) is 10.4. The van der Waals surface area contributed by atoms with Crippen molar-refractivity contribution >= 4 is 11.3 Å². The van der Waals surface area contributed by atoms with E-state index in [9.17, 15) is 0 Å². The molecule has 0 radical (unpaired) electrons. The molecule has 0 aromatic carbocycles. The molecule has 1 aromatic heterocycles. The number of aromatic nitrogens is 1. The summed E-state index contributed by atoms with van der Waals surface area (Å²) in [6.07, 6.45) is 2.25. The summed E-state index contributed by atoms with van der Waals surface area (Å²) in [7, 11) is 0. The van der Waals surface area contributed by atoms with Gasteiger partial charge >= 0.3 is 0 Å². The lowest BCUT2D eigenvalue weighted by Crippen LogP contribution is -2.39. The van der Waals surface area contributed by atoms with E-state index in [2.05, 4.69) is 43.4 Å². The van der Waals surface area contributed by atoms with Gasteiger partial charge in [-0.25, -0.2) is 4.98 Å². The maximum atomic E-state index is 4.56. The monoisotopic (exact) mass is 212 g/mol. The molecule has 1 N–H and O–H groups in total. The lowest BCUT2D eigenvalue weighted by Gasteiger charge is -2.27. The van der Waals surface area contributed by atoms with E-state index in [1.165, 1.54) is 11.4 Å². The van der Waals surface area contributed by atoms with Gasteiger partial charge in [-0.05, 0) is 33.2 Å². The Morgan fingerprint density at radius 3 is 2.64 bits per heavy atom. The molecule has 1 aromatic rings. The van der Waals surface area contributed by atoms with Crippen molar-refractivity contribution in [1.29, 1.82) is 0 Å². The van der Waals surface area contributed by atoms with Crippen LogP contribution in [0.2, 0.25) is 0 Å². The van der Waals surface area contributed by atoms with E-state index in [0.717, 1.165) is 18.7 Å². The first-order valence-corrected chi connectivity index (χ1v) is 6.18. The lowest BCUT2D eigenvalue weighted by molar-refractivity contribution is 0.352. The summed E-state index contributed by atoms with van der Waals surface area (Å²) in [6.45, 7) is 9.75. The molecule has 0 aliphatic carbocycles. The summed E-state index contributed by atoms with van der Waals surface area (Å²) < 4.78 is 0. The van der Waals surface area contributed by atoms with Gasteiger partial charge in [0.1, 0.15) is 5.01 Å². The molecule has 0 saturated carbocycles. The highest BCUT2D eigenvalue weighted by atomic mass is 32.1. The fraction of sp³-hybridized carbons (Fsp3) is 0.727. The van der Waals surface area contributed by atoms with Crippen molar-refractivity contribution in [3.63, 3.8) is 0 Å². The smallest absolute Gasteiger partial charge is 0.113 e. The molecule has 0 bridgehead atoms. The van der Waals surface area contributed by atoms with Crippen LogP contribution in [-0.4, -0.2) is 11.5 Å². The van der Waals surface area contributed by atoms with Crippen molar-refractivity contribution < 1.29 is 0 Å². The summed E-state index contributed by atoms with van der Waals surface area (Å²) in [6, 6.07) is 0. The van der Waals surface area contributed by atoms with E-state index in [-0.39, 0.29) is 5.54 Å². The second-order valence-electron chi connectivity index (χ2n) is 3.91. The number of nitrogens with one attached hydrogen (secondary N) is 1. The minimum atomic E-state index is 0.0644. The minimum absolute atomic E-state index is 0.0644. The second kappa shape index (κ2) is 4.89. The molecule has 0 amide bonds. The van der Waals surface area contributed by atoms with Crippen LogP contribution in [0.25, 0.3) is 0 Å². The van der Waals surface area contributed by atoms with Crippen molar-refractivity contribution in [3.8, 4) is 0 Å². The van der Waals surface area contributed by atoms with Crippen LogP contribution in [0.4, 0.5) is 0 Å². The van der Waals surface area contributed by atoms with Crippen LogP contribution < -0.4 is 5.32 Å². The first kappa shape index (κ1) is 11.7. The average Bonchev–Trinajstić information content (AvgIpc) is 2.62. The van der Waals surface area contributed by atoms with E-state index >= 15 is 0 Å². The Morgan fingerprint density at radius 2 is 2.21 bits per heavy atom. The van der Waals surface area contributed by atoms with Crippen molar-refractivity contribution in [2.45, 2.75) is 46.1 Å². The Balaban J connectivity index is 2.78. The zero-order chi connectivity index (χ0) is 10.6. The summed E-state index contributed by atoms with van der Waals surface area (Å²) in [5.41, 5.74) is 1.19. The van der Waals surface area contributed by atoms with Crippen LogP contribution in [0.5, 0.6) is 0 Å². The fourth-order valence-electron chi connectivity index (χ4n) is 1.36. The Morgan fingerprint density at radius 1 is 1.50 bits per heavy atom. The van der Waals surface area contributed by atoms with Gasteiger partial charge in [0.05, 0.1) is 5.54 Å². The SMILES string of the molecule is CCCNC(C)(CC)c1nc(C)cs1. The molecule has 0 aliphatic rings. The third-order valence-corrected chi connectivity index (χ3v) is 3.79. The van der Waals surface area contributed by atoms with Gasteiger partial charge in [0.15, 0.2) is 0 Å². The molecule has 3 heteroatoms. The van der Waals surface area contributed by atoms with Crippen LogP contribution in [0.3, 0.4) is 0 Å². The number of rotatable bonds is 5. The van der Waals surface area contributed by atoms with Gasteiger partial charge in [-0.1, -0.05) is 13.8 Å². The van der Waals surface area contributed by atoms with Crippen molar-refractivity contribution in [2.75, 3.05) is 6.54 Å². The van der Waals surface area contributed by atoms with Crippen LogP contribution in [-0.2, 0) is 5.54 Å². The first-order valence-electron chi connectivity index (χ1n) is 5.30. The molecule has 14 heavy (non-hydrogen) atoms. The Bertz CT molecular complexity index is 283. The number of thiazole rings is 1. The van der Waals surface area contributed by atoms with E-state index in [0.29, 0.717) is 0 Å². The highest BCUT2D eigenvalue weighted by molar-refractivity contribution is 7.09. The van der Waals surface area contributed by atoms with E-state index in [1.807, 2.05) is 0 Å². The Hall–Kier alpha value is -0.410. The summed E-state index contributed by atoms with van der Waals surface area (Å²) in [4.78, 5) is 4.56. The number of hydrogen-bond acceptors (Lipinski definition) is 3. The number of aryl methyl sites for hydroxylation is 1. The normalized spacial score (nSPS) is 15.4. The van der Waals surface area contributed by atoms with Crippen molar-refractivity contribution in [2.24, 2.45) is 0 Å². The van der Waals surface area contributed by atoms with E-state index in [4.69, 9.17) is 0 Å². The molecular formula is C11H20N2S. The highest BCUT2D eigenvalue weighted by Crippen LogP contribution is 2.27. The van der Waals surface area contributed by atoms with Crippen LogP contribution in [0, 0.1) is 6.92 Å². The van der Waals surface area contributed by atoms with Gasteiger partial charge in [0, 0.05) is 11.1 Å². The van der Waals surface area contributed by atoms with Gasteiger partial charge in [-0.2, -0.15) is 0 Å². The molecular weight excluding hydrogens is 192 g/mol. The average molecular weight is 212 g/mol. The maximum absolute atomic E-state index is 4.56. The topological polar surface area (TPSA) is 24.9 Å². The van der Waals surface area contributed by atoms with Gasteiger partial charge in [0.25, 0.3) is 0 Å². The lowest BCUT2D eigenvalue weighted by atomic mass is 10.00. The highest BCUT2D eigenvalue weighted by Gasteiger charge is 2.26. The predicted octanol–water partition coefficient (Wildman–Crippen LogP) is 3.08. The third-order valence-electron chi connectivity index (χ3n) is 2.56. The first-order chi connectivity index (χ1) is 6.62. The Kier molecular flexibility index (Phi) is 4.08. The summed E-state index contributed by atoms with van der Waals surface area (Å²) in [5.74, 6) is 0. The van der Waals surface area contributed by atoms with Gasteiger partial charge in [-0.15, -0.1) is 11.3 Å². The van der Waals surface area contributed by atoms with E-state index in [1.54, 1.807) is 11.3 Å². The molecule has 0 spiro atoms. The molecule has 1 rings (SSSR count). The quantitative estimate of drug-likeness (QED) is 0.811. The molecule has 2 nitrogen and oxygen atoms in total. The van der Waals surface area contributed by atoms with Crippen LogP contribution in [0.15, 0.2) is 5.38 Å². The molecule has 80 valence electrons. The van der Waals surface area contributed by atoms with Crippen molar-refractivity contribution in [3.05, 3.63) is 16.1 Å². The molecule has 0 aliphatic heterocycles. The standard InChI is InChI=1S/C11H20N2S/c1-5-7-12-11(4,6-2)10-13-9(3)8-14-10/h8,12H,5-7H2,1-4H3. The summed E-state index contributed by atoms with van der Waals surface area (Å²) >= 11 is 1.76. The third kappa shape index (κ3) is 2.55. The molecule has 0 saturated heterocycles. The van der Waals surface area contributed by atoms with E-state index < -0.39 is 0 Å². The van der Waals surface area contributed by atoms with Crippen molar-refractivity contribution in [1.82, 2.24) is 10.3 Å². The zero-order valence-electron chi connectivity index (χ0n) is 9.55. The second-order valence-corrected chi connectivity index (χ2v) is 4.76. The molecule has 1 atom stereocenters. The maximum Gasteiger partial charge on any atom is 0.113 e. The van der Waals surface area contributed by atoms with Gasteiger partial charge in [-0.3, -0.25) is 0 Å². The Labute approximate surface area is 90.8 Å². The van der Waals surface area contributed by atoms with Gasteiger partial charge in [0.2, 0.25) is 0 Å². The van der Waals surface area contributed by atoms with Crippen LogP contribution >= 0.6 is 11.3 Å². The molecule has 1 unspecified atom stereocenters. The predicted molar refractivity (Wildman–Crippen MR) is 62.8 cm³/mol. The van der Waals surface area contributed by atoms with Gasteiger partial charge < -0.3 is 5.32 Å². The number of nitrogens with zero attached hydrogens (tertiary/aromatic N) is 1.